The molecule has 0 radical (unpaired) electrons. The van der Waals surface area contributed by atoms with E-state index in [1.807, 2.05) is 30.3 Å². The van der Waals surface area contributed by atoms with E-state index in [1.165, 1.54) is 36.7 Å². The van der Waals surface area contributed by atoms with E-state index in [0.717, 1.165) is 5.56 Å². The van der Waals surface area contributed by atoms with E-state index in [2.05, 4.69) is 32.1 Å². The predicted octanol–water partition coefficient (Wildman–Crippen LogP) is 3.22. The maximum Gasteiger partial charge on any atom is 0.411 e. The van der Waals surface area contributed by atoms with E-state index in [0.29, 0.717) is 27.6 Å². The fraction of sp³-hybridized carbons (Fsp3) is 0.143. The molecule has 44 heavy (non-hydrogen) atoms. The number of hydrazone groups is 1. The zero-order valence-electron chi connectivity index (χ0n) is 23.0. The Labute approximate surface area is 257 Å². The number of hydrazine groups is 2. The van der Waals surface area contributed by atoms with Crippen molar-refractivity contribution in [2.75, 3.05) is 28.4 Å². The van der Waals surface area contributed by atoms with Crippen LogP contribution in [0.3, 0.4) is 0 Å². The van der Waals surface area contributed by atoms with Gasteiger partial charge in [0, 0.05) is 34.5 Å². The summed E-state index contributed by atoms with van der Waals surface area (Å²) in [7, 11) is -4.28. The van der Waals surface area contributed by atoms with Gasteiger partial charge in [-0.3, -0.25) is 19.5 Å². The number of nitrogens with one attached hydrogen (secondary N) is 5. The molecule has 3 aromatic carbocycles. The third kappa shape index (κ3) is 10.2. The smallest absolute Gasteiger partial charge is 0.411 e. The number of hydrogen-bond donors (Lipinski definition) is 7. The molecular weight excluding hydrogens is 613 g/mol. The molecule has 0 aliphatic carbocycles. The van der Waals surface area contributed by atoms with Crippen LogP contribution in [0, 0.1) is 0 Å². The quantitative estimate of drug-likeness (QED) is 0.114. The summed E-state index contributed by atoms with van der Waals surface area (Å²) in [4.78, 5) is 55.8. The highest BCUT2D eigenvalue weighted by molar-refractivity contribution is 7.51. The fourth-order valence-electron chi connectivity index (χ4n) is 3.92. The van der Waals surface area contributed by atoms with E-state index < -0.39 is 44.3 Å². The lowest BCUT2D eigenvalue weighted by Gasteiger charge is -2.18. The van der Waals surface area contributed by atoms with Crippen molar-refractivity contribution in [2.24, 2.45) is 5.10 Å². The Morgan fingerprint density at radius 1 is 1.02 bits per heavy atom. The highest BCUT2D eigenvalue weighted by Crippen LogP contribution is 2.33. The van der Waals surface area contributed by atoms with Gasteiger partial charge in [0.05, 0.1) is 11.8 Å². The molecule has 1 heterocycles. The first-order valence-corrected chi connectivity index (χ1v) is 15.3. The van der Waals surface area contributed by atoms with Gasteiger partial charge in [-0.15, -0.1) is 5.53 Å². The van der Waals surface area contributed by atoms with Crippen molar-refractivity contribution in [2.45, 2.75) is 12.5 Å². The molecule has 0 bridgehead atoms. The number of hydrogen-bond acceptors (Lipinski definition) is 9. The molecule has 0 saturated carbocycles. The zero-order chi connectivity index (χ0) is 31.5. The molecule has 1 aliphatic heterocycles. The molecule has 230 valence electrons. The summed E-state index contributed by atoms with van der Waals surface area (Å²) in [5, 5.41) is 13.9. The first-order chi connectivity index (χ1) is 21.1. The normalized spacial score (nSPS) is 13.3. The average Bonchev–Trinajstić information content (AvgIpc) is 3.51. The zero-order valence-corrected chi connectivity index (χ0v) is 24.7. The van der Waals surface area contributed by atoms with Gasteiger partial charge in [0.2, 0.25) is 11.8 Å². The van der Waals surface area contributed by atoms with Gasteiger partial charge in [0.1, 0.15) is 19.0 Å². The lowest BCUT2D eigenvalue weighted by Crippen LogP contribution is -2.44. The third-order valence-electron chi connectivity index (χ3n) is 6.00. The predicted molar refractivity (Wildman–Crippen MR) is 167 cm³/mol. The van der Waals surface area contributed by atoms with Crippen molar-refractivity contribution in [1.29, 1.82) is 0 Å². The summed E-state index contributed by atoms with van der Waals surface area (Å²) >= 11 is 6.17. The van der Waals surface area contributed by atoms with Crippen LogP contribution in [0.2, 0.25) is 5.02 Å². The second-order valence-corrected chi connectivity index (χ2v) is 11.6. The summed E-state index contributed by atoms with van der Waals surface area (Å²) in [6, 6.07) is 19.5. The Hall–Kier alpha value is -4.72. The monoisotopic (exact) mass is 641 g/mol. The maximum atomic E-state index is 13.3. The number of benzene rings is 3. The molecule has 0 fully saturated rings. The van der Waals surface area contributed by atoms with E-state index in [-0.39, 0.29) is 6.42 Å². The number of halogens is 1. The summed E-state index contributed by atoms with van der Waals surface area (Å²) in [5.74, 6) is -0.981. The Morgan fingerprint density at radius 3 is 2.39 bits per heavy atom. The number of rotatable bonds is 12. The van der Waals surface area contributed by atoms with E-state index in [4.69, 9.17) is 26.1 Å². The Kier molecular flexibility index (Phi) is 11.1. The summed E-state index contributed by atoms with van der Waals surface area (Å²) < 4.78 is 15.6. The largest absolute Gasteiger partial charge is 0.449 e. The third-order valence-corrected chi connectivity index (χ3v) is 7.00. The van der Waals surface area contributed by atoms with Gasteiger partial charge in [-0.1, -0.05) is 41.9 Å². The number of anilines is 3. The summed E-state index contributed by atoms with van der Waals surface area (Å²) in [5.41, 5.74) is 8.28. The molecule has 4 rings (SSSR count). The van der Waals surface area contributed by atoms with Crippen LogP contribution in [-0.4, -0.2) is 52.8 Å². The van der Waals surface area contributed by atoms with Crippen LogP contribution in [0.5, 0.6) is 0 Å². The molecule has 16 heteroatoms. The van der Waals surface area contributed by atoms with Gasteiger partial charge in [-0.2, -0.15) is 5.10 Å². The molecule has 0 unspecified atom stereocenters. The van der Waals surface area contributed by atoms with Crippen LogP contribution in [0.1, 0.15) is 11.1 Å². The second kappa shape index (κ2) is 15.1. The minimum atomic E-state index is -4.28. The van der Waals surface area contributed by atoms with Crippen molar-refractivity contribution < 1.29 is 33.5 Å². The number of carbonyl (C=O) groups is 3. The number of amides is 3. The number of carbonyl (C=O) groups excluding carboxylic acids is 3. The van der Waals surface area contributed by atoms with Crippen LogP contribution >= 0.6 is 19.2 Å². The van der Waals surface area contributed by atoms with Crippen LogP contribution in [0.4, 0.5) is 21.9 Å². The van der Waals surface area contributed by atoms with Crippen LogP contribution in [0.25, 0.3) is 6.08 Å². The number of nitrogens with zero attached hydrogens (tertiary/aromatic N) is 2. The Bertz CT molecular complexity index is 1580. The van der Waals surface area contributed by atoms with Crippen molar-refractivity contribution >= 4 is 66.6 Å². The maximum absolute atomic E-state index is 13.3. The van der Waals surface area contributed by atoms with Crippen molar-refractivity contribution in [1.82, 2.24) is 16.4 Å². The molecule has 0 saturated heterocycles. The van der Waals surface area contributed by atoms with Gasteiger partial charge < -0.3 is 25.2 Å². The molecular formula is C28H29ClN7O7P. The topological polar surface area (TPSA) is 194 Å². The molecule has 7 N–H and O–H groups in total. The molecule has 1 atom stereocenters. The lowest BCUT2D eigenvalue weighted by atomic mass is 10.0. The van der Waals surface area contributed by atoms with Crippen molar-refractivity contribution in [3.8, 4) is 0 Å². The highest BCUT2D eigenvalue weighted by atomic mass is 35.5. The minimum absolute atomic E-state index is 0.217. The van der Waals surface area contributed by atoms with Gasteiger partial charge in [0.25, 0.3) is 0 Å². The van der Waals surface area contributed by atoms with E-state index in [1.54, 1.807) is 29.3 Å². The van der Waals surface area contributed by atoms with E-state index >= 15 is 0 Å². The number of ether oxygens (including phenoxy) is 1. The molecule has 3 aromatic rings. The molecule has 3 amide bonds. The van der Waals surface area contributed by atoms with Crippen molar-refractivity contribution in [3.63, 3.8) is 0 Å². The lowest BCUT2D eigenvalue weighted by molar-refractivity contribution is -0.123. The second-order valence-electron chi connectivity index (χ2n) is 9.34. The van der Waals surface area contributed by atoms with Gasteiger partial charge in [0.15, 0.2) is 0 Å². The van der Waals surface area contributed by atoms with Gasteiger partial charge in [-0.05, 0) is 54.1 Å². The van der Waals surface area contributed by atoms with Gasteiger partial charge in [-0.25, -0.2) is 15.3 Å². The molecule has 14 nitrogen and oxygen atoms in total. The van der Waals surface area contributed by atoms with Gasteiger partial charge >= 0.3 is 13.7 Å². The highest BCUT2D eigenvalue weighted by Gasteiger charge is 2.21. The fourth-order valence-corrected chi connectivity index (χ4v) is 4.43. The molecule has 1 aliphatic rings. The van der Waals surface area contributed by atoms with Crippen molar-refractivity contribution in [3.05, 3.63) is 95.0 Å². The average molecular weight is 642 g/mol. The molecule has 0 aromatic heterocycles. The molecule has 0 spiro atoms. The Balaban J connectivity index is 1.40. The summed E-state index contributed by atoms with van der Waals surface area (Å²) in [6.45, 7) is -0.448. The standard InChI is InChI=1S/C28H29ClN7O7P/c29-21-7-12-25(36-18-30-34-35-36)20(17-21)6-13-26(37)33-24(16-19-4-2-1-3-5-19)27(38)31-22-8-10-23(11-9-22)32-28(39)43-14-15-44(40,41)42/h1-13,17-18,24,34-35H,14-16H2,(H,31,38)(H,32,39)(H,33,37)(H2,40,41,42)/b13-6+/t24-/m0/s1. The SMILES string of the molecule is O=C(/C=C/c1cc(Cl)ccc1N1C=NNN1)N[C@@H](Cc1ccccc1)C(=O)Nc1ccc(NC(=O)OCCP(=O)(O)O)cc1. The summed E-state index contributed by atoms with van der Waals surface area (Å²) in [6.07, 6.45) is 3.14. The Morgan fingerprint density at radius 2 is 1.73 bits per heavy atom. The minimum Gasteiger partial charge on any atom is -0.449 e. The van der Waals surface area contributed by atoms with Crippen LogP contribution in [-0.2, 0) is 25.3 Å². The van der Waals surface area contributed by atoms with Crippen LogP contribution in [0.15, 0.2) is 84.0 Å². The van der Waals surface area contributed by atoms with Crippen LogP contribution < -0.4 is 32.0 Å². The van der Waals surface area contributed by atoms with E-state index in [9.17, 15) is 18.9 Å². The first-order valence-electron chi connectivity index (χ1n) is 13.1. The first kappa shape index (κ1) is 32.2.